The zero-order valence-corrected chi connectivity index (χ0v) is 8.86. The van der Waals surface area contributed by atoms with E-state index in [2.05, 4.69) is 10.3 Å². The van der Waals surface area contributed by atoms with Gasteiger partial charge in [0.1, 0.15) is 11.9 Å². The van der Waals surface area contributed by atoms with Crippen molar-refractivity contribution >= 4 is 11.7 Å². The molecule has 1 rings (SSSR count). The highest BCUT2D eigenvalue weighted by Crippen LogP contribution is 2.03. The van der Waals surface area contributed by atoms with Crippen LogP contribution in [-0.2, 0) is 9.53 Å². The minimum absolute atomic E-state index is 0.192. The van der Waals surface area contributed by atoms with Gasteiger partial charge in [-0.25, -0.2) is 4.98 Å². The van der Waals surface area contributed by atoms with Crippen molar-refractivity contribution in [1.29, 1.82) is 0 Å². The predicted molar refractivity (Wildman–Crippen MR) is 57.5 cm³/mol. The van der Waals surface area contributed by atoms with Gasteiger partial charge in [-0.1, -0.05) is 6.07 Å². The first-order valence-corrected chi connectivity index (χ1v) is 4.61. The van der Waals surface area contributed by atoms with Crippen LogP contribution in [0, 0.1) is 6.92 Å². The van der Waals surface area contributed by atoms with Gasteiger partial charge in [0.15, 0.2) is 0 Å². The molecular weight excluding hydrogens is 194 g/mol. The van der Waals surface area contributed by atoms with Crippen LogP contribution in [0.3, 0.4) is 0 Å². The summed E-state index contributed by atoms with van der Waals surface area (Å²) >= 11 is 0. The summed E-state index contributed by atoms with van der Waals surface area (Å²) in [5.74, 6) is 0.199. The third-order valence-electron chi connectivity index (χ3n) is 1.85. The molecule has 1 aromatic heterocycles. The van der Waals surface area contributed by atoms with Gasteiger partial charge in [-0.05, 0) is 18.6 Å². The summed E-state index contributed by atoms with van der Waals surface area (Å²) in [6.45, 7) is 2.12. The van der Waals surface area contributed by atoms with Gasteiger partial charge >= 0.3 is 0 Å². The quantitative estimate of drug-likeness (QED) is 0.747. The Labute approximate surface area is 88.6 Å². The van der Waals surface area contributed by atoms with E-state index in [1.807, 2.05) is 13.0 Å². The standard InChI is InChI=1S/C10H15N3O2/c1-7-3-4-9(12-5-7)13-10(14)8(11)6-15-2/h3-5,8H,6,11H2,1-2H3,(H,12,13,14). The molecule has 0 saturated carbocycles. The van der Waals surface area contributed by atoms with Gasteiger partial charge in [-0.2, -0.15) is 0 Å². The molecule has 0 aromatic carbocycles. The maximum atomic E-state index is 11.4. The molecule has 3 N–H and O–H groups in total. The number of hydrogen-bond acceptors (Lipinski definition) is 4. The molecule has 1 amide bonds. The van der Waals surface area contributed by atoms with Crippen LogP contribution in [0.25, 0.3) is 0 Å². The van der Waals surface area contributed by atoms with E-state index >= 15 is 0 Å². The summed E-state index contributed by atoms with van der Waals surface area (Å²) in [5.41, 5.74) is 6.58. The van der Waals surface area contributed by atoms with Gasteiger partial charge in [-0.3, -0.25) is 4.79 Å². The molecule has 1 atom stereocenters. The average Bonchev–Trinajstić information content (AvgIpc) is 2.22. The molecule has 15 heavy (non-hydrogen) atoms. The number of amides is 1. The van der Waals surface area contributed by atoms with Gasteiger partial charge in [-0.15, -0.1) is 0 Å². The van der Waals surface area contributed by atoms with Gasteiger partial charge in [0.25, 0.3) is 0 Å². The first kappa shape index (κ1) is 11.6. The first-order chi connectivity index (χ1) is 7.13. The number of rotatable bonds is 4. The second kappa shape index (κ2) is 5.43. The Balaban J connectivity index is 2.54. The van der Waals surface area contributed by atoms with Crippen molar-refractivity contribution in [3.63, 3.8) is 0 Å². The van der Waals surface area contributed by atoms with Crippen molar-refractivity contribution in [2.24, 2.45) is 5.73 Å². The Morgan fingerprint density at radius 1 is 1.67 bits per heavy atom. The van der Waals surface area contributed by atoms with E-state index in [0.717, 1.165) is 5.56 Å². The number of hydrogen-bond donors (Lipinski definition) is 2. The Morgan fingerprint density at radius 3 is 2.93 bits per heavy atom. The number of aryl methyl sites for hydroxylation is 1. The maximum Gasteiger partial charge on any atom is 0.244 e. The van der Waals surface area contributed by atoms with Crippen LogP contribution in [0.2, 0.25) is 0 Å². The lowest BCUT2D eigenvalue weighted by Crippen LogP contribution is -2.39. The highest BCUT2D eigenvalue weighted by atomic mass is 16.5. The van der Waals surface area contributed by atoms with Crippen molar-refractivity contribution < 1.29 is 9.53 Å². The number of ether oxygens (including phenoxy) is 1. The number of anilines is 1. The Hall–Kier alpha value is -1.46. The lowest BCUT2D eigenvalue weighted by Gasteiger charge is -2.10. The number of nitrogens with zero attached hydrogens (tertiary/aromatic N) is 1. The van der Waals surface area contributed by atoms with Crippen LogP contribution < -0.4 is 11.1 Å². The maximum absolute atomic E-state index is 11.4. The van der Waals surface area contributed by atoms with Crippen LogP contribution in [0.15, 0.2) is 18.3 Å². The van der Waals surface area contributed by atoms with E-state index in [-0.39, 0.29) is 12.5 Å². The molecule has 1 aromatic rings. The molecule has 5 heteroatoms. The first-order valence-electron chi connectivity index (χ1n) is 4.61. The van der Waals surface area contributed by atoms with Crippen LogP contribution in [0.5, 0.6) is 0 Å². The van der Waals surface area contributed by atoms with E-state index in [0.29, 0.717) is 5.82 Å². The predicted octanol–water partition coefficient (Wildman–Crippen LogP) is 0.302. The van der Waals surface area contributed by atoms with Gasteiger partial charge in [0.2, 0.25) is 5.91 Å². The number of nitrogens with one attached hydrogen (secondary N) is 1. The lowest BCUT2D eigenvalue weighted by molar-refractivity contribution is -0.118. The molecular formula is C10H15N3O2. The van der Waals surface area contributed by atoms with Crippen molar-refractivity contribution in [3.8, 4) is 0 Å². The number of methoxy groups -OCH3 is 1. The molecule has 1 unspecified atom stereocenters. The fourth-order valence-corrected chi connectivity index (χ4v) is 1.02. The highest BCUT2D eigenvalue weighted by molar-refractivity contribution is 5.93. The summed E-state index contributed by atoms with van der Waals surface area (Å²) in [4.78, 5) is 15.5. The summed E-state index contributed by atoms with van der Waals surface area (Å²) in [5, 5.41) is 2.60. The largest absolute Gasteiger partial charge is 0.383 e. The van der Waals surface area contributed by atoms with Crippen molar-refractivity contribution in [1.82, 2.24) is 4.98 Å². The van der Waals surface area contributed by atoms with Crippen LogP contribution in [-0.4, -0.2) is 30.6 Å². The third-order valence-corrected chi connectivity index (χ3v) is 1.85. The SMILES string of the molecule is COCC(N)C(=O)Nc1ccc(C)cn1. The smallest absolute Gasteiger partial charge is 0.244 e. The minimum atomic E-state index is -0.668. The van der Waals surface area contributed by atoms with Gasteiger partial charge < -0.3 is 15.8 Å². The van der Waals surface area contributed by atoms with E-state index < -0.39 is 6.04 Å². The molecule has 0 aliphatic heterocycles. The number of carbonyl (C=O) groups is 1. The summed E-state index contributed by atoms with van der Waals surface area (Å²) in [7, 11) is 1.50. The molecule has 5 nitrogen and oxygen atoms in total. The molecule has 1 heterocycles. The summed E-state index contributed by atoms with van der Waals surface area (Å²) in [6.07, 6.45) is 1.68. The normalized spacial score (nSPS) is 12.2. The van der Waals surface area contributed by atoms with E-state index in [4.69, 9.17) is 10.5 Å². The lowest BCUT2D eigenvalue weighted by atomic mass is 10.3. The molecule has 0 aliphatic carbocycles. The molecule has 0 saturated heterocycles. The third kappa shape index (κ3) is 3.65. The Kier molecular flexibility index (Phi) is 4.20. The van der Waals surface area contributed by atoms with Gasteiger partial charge in [0.05, 0.1) is 6.61 Å². The Morgan fingerprint density at radius 2 is 2.40 bits per heavy atom. The number of carbonyl (C=O) groups excluding carboxylic acids is 1. The molecule has 0 bridgehead atoms. The molecule has 0 spiro atoms. The topological polar surface area (TPSA) is 77.2 Å². The second-order valence-electron chi connectivity index (χ2n) is 3.27. The zero-order valence-electron chi connectivity index (χ0n) is 8.86. The number of nitrogens with two attached hydrogens (primary N) is 1. The monoisotopic (exact) mass is 209 g/mol. The average molecular weight is 209 g/mol. The Bertz CT molecular complexity index is 324. The van der Waals surface area contributed by atoms with E-state index in [9.17, 15) is 4.79 Å². The minimum Gasteiger partial charge on any atom is -0.383 e. The van der Waals surface area contributed by atoms with E-state index in [1.54, 1.807) is 12.3 Å². The highest BCUT2D eigenvalue weighted by Gasteiger charge is 2.13. The zero-order chi connectivity index (χ0) is 11.3. The van der Waals surface area contributed by atoms with Crippen LogP contribution >= 0.6 is 0 Å². The van der Waals surface area contributed by atoms with Gasteiger partial charge in [0, 0.05) is 13.3 Å². The number of aromatic nitrogens is 1. The fourth-order valence-electron chi connectivity index (χ4n) is 1.02. The number of pyridine rings is 1. The molecule has 0 fully saturated rings. The summed E-state index contributed by atoms with van der Waals surface area (Å²) in [6, 6.07) is 2.93. The van der Waals surface area contributed by atoms with Crippen molar-refractivity contribution in [2.75, 3.05) is 19.0 Å². The molecule has 0 radical (unpaired) electrons. The van der Waals surface area contributed by atoms with Crippen molar-refractivity contribution in [2.45, 2.75) is 13.0 Å². The second-order valence-corrected chi connectivity index (χ2v) is 3.27. The fraction of sp³-hybridized carbons (Fsp3) is 0.400. The molecule has 82 valence electrons. The van der Waals surface area contributed by atoms with E-state index in [1.165, 1.54) is 7.11 Å². The van der Waals surface area contributed by atoms with Crippen LogP contribution in [0.4, 0.5) is 5.82 Å². The summed E-state index contributed by atoms with van der Waals surface area (Å²) < 4.78 is 4.78. The molecule has 0 aliphatic rings. The van der Waals surface area contributed by atoms with Crippen molar-refractivity contribution in [3.05, 3.63) is 23.9 Å². The van der Waals surface area contributed by atoms with Crippen LogP contribution in [0.1, 0.15) is 5.56 Å².